The number of nitrogens with one attached hydrogen (secondary N) is 1. The largest absolute Gasteiger partial charge is 0.493 e. The molecule has 0 saturated carbocycles. The highest BCUT2D eigenvalue weighted by molar-refractivity contribution is 5.81. The molecule has 2 aromatic carbocycles. The summed E-state index contributed by atoms with van der Waals surface area (Å²) in [6.45, 7) is 2.78. The van der Waals surface area contributed by atoms with Gasteiger partial charge in [-0.2, -0.15) is 0 Å². The normalized spacial score (nSPS) is 10.2. The molecule has 0 aliphatic carbocycles. The lowest BCUT2D eigenvalue weighted by atomic mass is 10.1. The second kappa shape index (κ2) is 8.99. The van der Waals surface area contributed by atoms with E-state index in [-0.39, 0.29) is 12.5 Å². The van der Waals surface area contributed by atoms with Crippen molar-refractivity contribution in [3.63, 3.8) is 0 Å². The van der Waals surface area contributed by atoms with Crippen LogP contribution in [0.5, 0.6) is 17.2 Å². The van der Waals surface area contributed by atoms with Crippen LogP contribution < -0.4 is 19.5 Å². The van der Waals surface area contributed by atoms with Gasteiger partial charge in [-0.15, -0.1) is 0 Å². The van der Waals surface area contributed by atoms with Gasteiger partial charge >= 0.3 is 0 Å². The van der Waals surface area contributed by atoms with Crippen LogP contribution in [0.1, 0.15) is 11.1 Å². The summed E-state index contributed by atoms with van der Waals surface area (Å²) in [6.07, 6.45) is 0. The van der Waals surface area contributed by atoms with Gasteiger partial charge in [0.15, 0.2) is 11.5 Å². The topological polar surface area (TPSA) is 60.0 Å². The number of nitrogens with zero attached hydrogens (tertiary/aromatic N) is 1. The molecule has 0 saturated heterocycles. The van der Waals surface area contributed by atoms with E-state index < -0.39 is 0 Å². The molecule has 2 aromatic rings. The molecule has 2 rings (SSSR count). The van der Waals surface area contributed by atoms with Crippen molar-refractivity contribution in [2.24, 2.45) is 0 Å². The van der Waals surface area contributed by atoms with E-state index in [1.165, 1.54) is 5.56 Å². The lowest BCUT2D eigenvalue weighted by Crippen LogP contribution is -2.32. The van der Waals surface area contributed by atoms with Crippen molar-refractivity contribution in [3.8, 4) is 17.2 Å². The summed E-state index contributed by atoms with van der Waals surface area (Å²) in [4.78, 5) is 14.1. The molecule has 140 valence electrons. The van der Waals surface area contributed by atoms with Crippen molar-refractivity contribution < 1.29 is 19.0 Å². The number of anilines is 1. The fourth-order valence-corrected chi connectivity index (χ4v) is 2.63. The molecule has 0 aromatic heterocycles. The number of likely N-dealkylation sites (N-methyl/N-ethyl adjacent to an activating group) is 1. The minimum absolute atomic E-state index is 0.0120. The Morgan fingerprint density at radius 2 is 1.65 bits per heavy atom. The van der Waals surface area contributed by atoms with Crippen molar-refractivity contribution in [2.45, 2.75) is 13.5 Å². The van der Waals surface area contributed by atoms with Crippen LogP contribution in [0.4, 0.5) is 5.69 Å². The van der Waals surface area contributed by atoms with Crippen LogP contribution in [-0.4, -0.2) is 45.7 Å². The number of ether oxygens (including phenoxy) is 3. The van der Waals surface area contributed by atoms with Crippen LogP contribution in [0.3, 0.4) is 0 Å². The van der Waals surface area contributed by atoms with Gasteiger partial charge in [-0.25, -0.2) is 0 Å². The summed E-state index contributed by atoms with van der Waals surface area (Å²) in [7, 11) is 6.47. The van der Waals surface area contributed by atoms with Gasteiger partial charge in [0.2, 0.25) is 11.7 Å². The zero-order valence-electron chi connectivity index (χ0n) is 16.0. The van der Waals surface area contributed by atoms with Gasteiger partial charge in [-0.3, -0.25) is 4.79 Å². The Balaban J connectivity index is 2.03. The Morgan fingerprint density at radius 1 is 1.04 bits per heavy atom. The molecule has 6 nitrogen and oxygen atoms in total. The lowest BCUT2D eigenvalue weighted by Gasteiger charge is -2.20. The second-order valence-corrected chi connectivity index (χ2v) is 5.94. The van der Waals surface area contributed by atoms with E-state index in [4.69, 9.17) is 14.2 Å². The van der Waals surface area contributed by atoms with Crippen LogP contribution >= 0.6 is 0 Å². The number of methoxy groups -OCH3 is 3. The van der Waals surface area contributed by atoms with E-state index in [0.29, 0.717) is 23.8 Å². The Labute approximate surface area is 154 Å². The van der Waals surface area contributed by atoms with E-state index >= 15 is 0 Å². The fourth-order valence-electron chi connectivity index (χ4n) is 2.63. The molecule has 0 atom stereocenters. The highest BCUT2D eigenvalue weighted by Crippen LogP contribution is 2.39. The number of aryl methyl sites for hydroxylation is 1. The number of carbonyl (C=O) groups excluding carboxylic acids is 1. The van der Waals surface area contributed by atoms with Gasteiger partial charge in [0.25, 0.3) is 0 Å². The summed E-state index contributed by atoms with van der Waals surface area (Å²) in [6, 6.07) is 11.6. The van der Waals surface area contributed by atoms with Crippen molar-refractivity contribution >= 4 is 11.6 Å². The Kier molecular flexibility index (Phi) is 6.72. The minimum Gasteiger partial charge on any atom is -0.493 e. The molecular weight excluding hydrogens is 332 g/mol. The van der Waals surface area contributed by atoms with Gasteiger partial charge in [-0.05, 0) is 18.1 Å². The highest BCUT2D eigenvalue weighted by Gasteiger charge is 2.15. The molecule has 26 heavy (non-hydrogen) atoms. The van der Waals surface area contributed by atoms with Gasteiger partial charge in [0.05, 0.1) is 27.9 Å². The minimum atomic E-state index is -0.0120. The molecule has 6 heteroatoms. The third-order valence-electron chi connectivity index (χ3n) is 4.20. The molecule has 0 bridgehead atoms. The average molecular weight is 358 g/mol. The number of hydrogen-bond donors (Lipinski definition) is 1. The number of rotatable bonds is 8. The summed E-state index contributed by atoms with van der Waals surface area (Å²) in [5, 5.41) is 3.12. The maximum absolute atomic E-state index is 12.4. The molecule has 0 aliphatic heterocycles. The van der Waals surface area contributed by atoms with E-state index in [1.54, 1.807) is 45.4 Å². The van der Waals surface area contributed by atoms with Crippen molar-refractivity contribution in [3.05, 3.63) is 47.5 Å². The zero-order valence-corrected chi connectivity index (χ0v) is 16.0. The van der Waals surface area contributed by atoms with E-state index in [9.17, 15) is 4.79 Å². The quantitative estimate of drug-likeness (QED) is 0.786. The van der Waals surface area contributed by atoms with Crippen LogP contribution in [0.2, 0.25) is 0 Å². The van der Waals surface area contributed by atoms with Crippen LogP contribution in [0, 0.1) is 6.92 Å². The number of benzene rings is 2. The first kappa shape index (κ1) is 19.4. The molecule has 0 aliphatic rings. The Morgan fingerprint density at radius 3 is 2.19 bits per heavy atom. The molecule has 0 fully saturated rings. The van der Waals surface area contributed by atoms with Gasteiger partial charge in [-0.1, -0.05) is 24.3 Å². The summed E-state index contributed by atoms with van der Waals surface area (Å²) in [5.74, 6) is 1.58. The van der Waals surface area contributed by atoms with Crippen molar-refractivity contribution in [1.82, 2.24) is 4.90 Å². The lowest BCUT2D eigenvalue weighted by molar-refractivity contribution is -0.128. The third-order valence-corrected chi connectivity index (χ3v) is 4.20. The van der Waals surface area contributed by atoms with E-state index in [2.05, 4.69) is 5.32 Å². The molecule has 0 spiro atoms. The Hall–Kier alpha value is -2.89. The summed E-state index contributed by atoms with van der Waals surface area (Å²) < 4.78 is 16.0. The second-order valence-electron chi connectivity index (χ2n) is 5.94. The monoisotopic (exact) mass is 358 g/mol. The van der Waals surface area contributed by atoms with Gasteiger partial charge in [0.1, 0.15) is 0 Å². The first-order chi connectivity index (χ1) is 12.5. The van der Waals surface area contributed by atoms with Crippen LogP contribution in [-0.2, 0) is 11.3 Å². The molecule has 1 amide bonds. The predicted molar refractivity (Wildman–Crippen MR) is 102 cm³/mol. The third kappa shape index (κ3) is 4.59. The SMILES string of the molecule is COc1cc(NCC(=O)N(C)Cc2ccccc2C)cc(OC)c1OC. The molecule has 0 heterocycles. The van der Waals surface area contributed by atoms with Gasteiger partial charge in [0, 0.05) is 31.4 Å². The molecular formula is C20H26N2O4. The molecule has 1 N–H and O–H groups in total. The van der Waals surface area contributed by atoms with E-state index in [0.717, 1.165) is 11.3 Å². The first-order valence-corrected chi connectivity index (χ1v) is 8.32. The van der Waals surface area contributed by atoms with Gasteiger partial charge < -0.3 is 24.4 Å². The zero-order chi connectivity index (χ0) is 19.1. The predicted octanol–water partition coefficient (Wildman–Crippen LogP) is 3.09. The van der Waals surface area contributed by atoms with E-state index in [1.807, 2.05) is 31.2 Å². The number of amides is 1. The smallest absolute Gasteiger partial charge is 0.241 e. The fraction of sp³-hybridized carbons (Fsp3) is 0.350. The average Bonchev–Trinajstić information content (AvgIpc) is 2.66. The summed E-state index contributed by atoms with van der Waals surface area (Å²) >= 11 is 0. The van der Waals surface area contributed by atoms with Crippen molar-refractivity contribution in [2.75, 3.05) is 40.2 Å². The maximum Gasteiger partial charge on any atom is 0.241 e. The van der Waals surface area contributed by atoms with Crippen LogP contribution in [0.25, 0.3) is 0 Å². The molecule has 0 unspecified atom stereocenters. The maximum atomic E-state index is 12.4. The van der Waals surface area contributed by atoms with Crippen LogP contribution in [0.15, 0.2) is 36.4 Å². The first-order valence-electron chi connectivity index (χ1n) is 8.32. The standard InChI is InChI=1S/C20H26N2O4/c1-14-8-6-7-9-15(14)13-22(2)19(23)12-21-16-10-17(24-3)20(26-5)18(11-16)25-4/h6-11,21H,12-13H2,1-5H3. The molecule has 0 radical (unpaired) electrons. The number of carbonyl (C=O) groups is 1. The number of hydrogen-bond acceptors (Lipinski definition) is 5. The van der Waals surface area contributed by atoms with Crippen molar-refractivity contribution in [1.29, 1.82) is 0 Å². The Bertz CT molecular complexity index is 736. The highest BCUT2D eigenvalue weighted by atomic mass is 16.5. The summed E-state index contributed by atoms with van der Waals surface area (Å²) in [5.41, 5.74) is 3.03.